The minimum absolute atomic E-state index is 1.18. The lowest BCUT2D eigenvalue weighted by Gasteiger charge is -2.05. The number of hydrogen-bond acceptors (Lipinski definition) is 2. The van der Waals surface area contributed by atoms with Gasteiger partial charge in [-0.2, -0.15) is 9.13 Å². The van der Waals surface area contributed by atoms with Gasteiger partial charge in [0.1, 0.15) is 13.1 Å². The van der Waals surface area contributed by atoms with Crippen LogP contribution in [-0.4, -0.2) is 11.5 Å². The second-order valence-corrected chi connectivity index (χ2v) is 15.2. The Morgan fingerprint density at radius 1 is 0.386 bits per heavy atom. The predicted octanol–water partition coefficient (Wildman–Crippen LogP) is 12.5. The fourth-order valence-electron chi connectivity index (χ4n) is 6.00. The van der Waals surface area contributed by atoms with Crippen molar-refractivity contribution in [2.45, 2.75) is 191 Å². The van der Waals surface area contributed by atoms with Crippen molar-refractivity contribution in [3.63, 3.8) is 0 Å². The first-order chi connectivity index (χ1) is 21.8. The molecule has 0 spiro atoms. The van der Waals surface area contributed by atoms with E-state index in [4.69, 9.17) is 0 Å². The van der Waals surface area contributed by atoms with Crippen LogP contribution in [0.5, 0.6) is 0 Å². The Balaban J connectivity index is 1.48. The van der Waals surface area contributed by atoms with Crippen LogP contribution in [0.25, 0.3) is 0 Å². The molecule has 250 valence electrons. The van der Waals surface area contributed by atoms with E-state index in [9.17, 15) is 0 Å². The minimum Gasteiger partial charge on any atom is -0.193 e. The summed E-state index contributed by atoms with van der Waals surface area (Å²) in [5.74, 6) is 2.49. The van der Waals surface area contributed by atoms with Gasteiger partial charge in [-0.1, -0.05) is 153 Å². The SMILES string of the molecule is CCCCCCCCCCCC[n+]1ccccc1SCCCCCCSc1cccc[n+]1CCCCCCCCCCCC. The third kappa shape index (κ3) is 20.9. The molecule has 0 radical (unpaired) electrons. The zero-order valence-electron chi connectivity index (χ0n) is 29.1. The lowest BCUT2D eigenvalue weighted by atomic mass is 10.1. The van der Waals surface area contributed by atoms with Crippen molar-refractivity contribution in [1.29, 1.82) is 0 Å². The van der Waals surface area contributed by atoms with E-state index in [0.717, 1.165) is 0 Å². The number of aryl methyl sites for hydroxylation is 2. The van der Waals surface area contributed by atoms with Gasteiger partial charge in [0.15, 0.2) is 12.4 Å². The quantitative estimate of drug-likeness (QED) is 0.0459. The zero-order valence-corrected chi connectivity index (χ0v) is 30.8. The van der Waals surface area contributed by atoms with E-state index in [-0.39, 0.29) is 0 Å². The Kier molecular flexibility index (Phi) is 26.2. The summed E-state index contributed by atoms with van der Waals surface area (Å²) in [7, 11) is 0. The lowest BCUT2D eigenvalue weighted by molar-refractivity contribution is -0.733. The molecule has 2 rings (SSSR count). The van der Waals surface area contributed by atoms with Crippen LogP contribution in [0.15, 0.2) is 58.8 Å². The highest BCUT2D eigenvalue weighted by Crippen LogP contribution is 2.19. The molecule has 2 nitrogen and oxygen atoms in total. The molecule has 0 atom stereocenters. The monoisotopic (exact) mass is 642 g/mol. The van der Waals surface area contributed by atoms with E-state index < -0.39 is 0 Å². The van der Waals surface area contributed by atoms with Crippen LogP contribution in [-0.2, 0) is 13.1 Å². The van der Waals surface area contributed by atoms with E-state index in [1.54, 1.807) is 0 Å². The van der Waals surface area contributed by atoms with Crippen LogP contribution in [0.4, 0.5) is 0 Å². The third-order valence-electron chi connectivity index (χ3n) is 8.84. The summed E-state index contributed by atoms with van der Waals surface area (Å²) in [6.07, 6.45) is 38.1. The molecular formula is C40H70N2S2+2. The molecule has 0 aromatic carbocycles. The predicted molar refractivity (Wildman–Crippen MR) is 197 cm³/mol. The van der Waals surface area contributed by atoms with Crippen LogP contribution in [0.3, 0.4) is 0 Å². The molecule has 0 saturated heterocycles. The zero-order chi connectivity index (χ0) is 31.2. The van der Waals surface area contributed by atoms with Crippen molar-refractivity contribution in [3.8, 4) is 0 Å². The summed E-state index contributed by atoms with van der Waals surface area (Å²) in [4.78, 5) is 0. The number of rotatable bonds is 31. The summed E-state index contributed by atoms with van der Waals surface area (Å²) >= 11 is 4.13. The molecule has 0 aliphatic rings. The number of hydrogen-bond donors (Lipinski definition) is 0. The summed E-state index contributed by atoms with van der Waals surface area (Å²) in [6, 6.07) is 13.5. The van der Waals surface area contributed by atoms with E-state index in [1.165, 1.54) is 189 Å². The van der Waals surface area contributed by atoms with Crippen LogP contribution in [0.1, 0.15) is 168 Å². The van der Waals surface area contributed by atoms with Crippen molar-refractivity contribution in [2.75, 3.05) is 11.5 Å². The van der Waals surface area contributed by atoms with Crippen molar-refractivity contribution in [3.05, 3.63) is 48.8 Å². The maximum atomic E-state index is 2.50. The van der Waals surface area contributed by atoms with Crippen LogP contribution in [0, 0.1) is 0 Å². The lowest BCUT2D eigenvalue weighted by Crippen LogP contribution is -2.35. The second-order valence-electron chi connectivity index (χ2n) is 12.9. The molecular weight excluding hydrogens is 573 g/mol. The number of pyridine rings is 2. The maximum Gasteiger partial charge on any atom is 0.240 e. The van der Waals surface area contributed by atoms with E-state index in [1.807, 2.05) is 0 Å². The molecule has 2 aromatic heterocycles. The summed E-state index contributed by atoms with van der Waals surface area (Å²) in [6.45, 7) is 6.95. The summed E-state index contributed by atoms with van der Waals surface area (Å²) in [5.41, 5.74) is 0. The van der Waals surface area contributed by atoms with E-state index >= 15 is 0 Å². The fourth-order valence-corrected chi connectivity index (χ4v) is 8.10. The van der Waals surface area contributed by atoms with Crippen LogP contribution < -0.4 is 9.13 Å². The molecule has 0 unspecified atom stereocenters. The first-order valence-corrected chi connectivity index (χ1v) is 21.0. The standard InChI is InChI=1S/C40H70N2S2/c1-3-5-7-9-11-13-15-17-19-25-33-41-35-27-23-31-39(41)43-37-29-21-22-30-38-44-40-32-24-28-36-42(40)34-26-20-18-16-14-12-10-8-6-4-2/h23-24,27-28,31-32,35-36H,3-22,25-26,29-30,33-34,37-38H2,1-2H3/q+2. The van der Waals surface area contributed by atoms with Crippen molar-refractivity contribution >= 4 is 23.5 Å². The van der Waals surface area contributed by atoms with Crippen molar-refractivity contribution in [2.24, 2.45) is 0 Å². The highest BCUT2D eigenvalue weighted by Gasteiger charge is 2.11. The average Bonchev–Trinajstić information content (AvgIpc) is 3.05. The first-order valence-electron chi connectivity index (χ1n) is 19.1. The minimum atomic E-state index is 1.18. The Bertz CT molecular complexity index is 829. The Morgan fingerprint density at radius 2 is 0.705 bits per heavy atom. The van der Waals surface area contributed by atoms with Gasteiger partial charge >= 0.3 is 0 Å². The molecule has 0 fully saturated rings. The van der Waals surface area contributed by atoms with E-state index in [2.05, 4.69) is 95.3 Å². The normalized spacial score (nSPS) is 11.4. The molecule has 0 N–H and O–H groups in total. The van der Waals surface area contributed by atoms with Gasteiger partial charge < -0.3 is 0 Å². The number of thioether (sulfide) groups is 2. The third-order valence-corrected chi connectivity index (χ3v) is 11.2. The molecule has 4 heteroatoms. The molecule has 0 bridgehead atoms. The number of unbranched alkanes of at least 4 members (excludes halogenated alkanes) is 21. The first kappa shape index (κ1) is 39.2. The summed E-state index contributed by atoms with van der Waals surface area (Å²) in [5, 5.41) is 2.91. The second kappa shape index (κ2) is 29.4. The molecule has 0 amide bonds. The molecule has 44 heavy (non-hydrogen) atoms. The molecule has 2 heterocycles. The van der Waals surface area contributed by atoms with E-state index in [0.29, 0.717) is 0 Å². The largest absolute Gasteiger partial charge is 0.240 e. The smallest absolute Gasteiger partial charge is 0.193 e. The van der Waals surface area contributed by atoms with Crippen LogP contribution >= 0.6 is 23.5 Å². The van der Waals surface area contributed by atoms with Crippen molar-refractivity contribution in [1.82, 2.24) is 0 Å². The molecule has 0 saturated carbocycles. The van der Waals surface area contributed by atoms with Crippen LogP contribution in [0.2, 0.25) is 0 Å². The van der Waals surface area contributed by atoms with Gasteiger partial charge in [-0.3, -0.25) is 0 Å². The topological polar surface area (TPSA) is 7.76 Å². The highest BCUT2D eigenvalue weighted by molar-refractivity contribution is 7.99. The molecule has 2 aromatic rings. The van der Waals surface area contributed by atoms with Gasteiger partial charge in [0.2, 0.25) is 10.1 Å². The summed E-state index contributed by atoms with van der Waals surface area (Å²) < 4.78 is 4.99. The van der Waals surface area contributed by atoms with Gasteiger partial charge in [-0.25, -0.2) is 0 Å². The Labute approximate surface area is 283 Å². The number of aromatic nitrogens is 2. The van der Waals surface area contributed by atoms with Gasteiger partial charge in [0.05, 0.1) is 0 Å². The molecule has 0 aliphatic carbocycles. The molecule has 0 aliphatic heterocycles. The Hall–Kier alpha value is -1.00. The number of nitrogens with zero attached hydrogens (tertiary/aromatic N) is 2. The Morgan fingerprint density at radius 3 is 1.07 bits per heavy atom. The van der Waals surface area contributed by atoms with Gasteiger partial charge in [0.25, 0.3) is 0 Å². The average molecular weight is 643 g/mol. The van der Waals surface area contributed by atoms with Gasteiger partial charge in [-0.05, 0) is 37.8 Å². The fraction of sp³-hybridized carbons (Fsp3) is 0.750. The van der Waals surface area contributed by atoms with Gasteiger partial charge in [0, 0.05) is 48.6 Å². The van der Waals surface area contributed by atoms with Gasteiger partial charge in [-0.15, -0.1) is 0 Å². The highest BCUT2D eigenvalue weighted by atomic mass is 32.2. The maximum absolute atomic E-state index is 2.50. The van der Waals surface area contributed by atoms with Crippen molar-refractivity contribution < 1.29 is 9.13 Å².